The van der Waals surface area contributed by atoms with Gasteiger partial charge in [0, 0.05) is 18.5 Å². The van der Waals surface area contributed by atoms with Gasteiger partial charge in [-0.2, -0.15) is 0 Å². The molecule has 2 N–H and O–H groups in total. The summed E-state index contributed by atoms with van der Waals surface area (Å²) < 4.78 is 5.60. The van der Waals surface area contributed by atoms with E-state index in [1.54, 1.807) is 35.2 Å². The standard InChI is InChI=1S/C27H26N2O5/c30-19-12-10-17(11-13-19)15-22(27(33)29-14-4-9-24-25(29)23(31)16-34-24)28-26(32)21-8-3-6-18-5-1-2-7-20(18)21/h1-3,5-8,10-13,22,24-25,30H,4,9,14-16H2,(H,28,32)/t22-,24-,25-/m0/s1. The highest BCUT2D eigenvalue weighted by atomic mass is 16.5. The maximum atomic E-state index is 13.7. The molecule has 3 atom stereocenters. The molecule has 2 heterocycles. The molecule has 0 unspecified atom stereocenters. The third-order valence-corrected chi connectivity index (χ3v) is 6.64. The van der Waals surface area contributed by atoms with Gasteiger partial charge in [-0.3, -0.25) is 14.4 Å². The molecule has 0 bridgehead atoms. The van der Waals surface area contributed by atoms with Crippen molar-refractivity contribution in [3.63, 3.8) is 0 Å². The van der Waals surface area contributed by atoms with Crippen LogP contribution in [0.15, 0.2) is 66.7 Å². The van der Waals surface area contributed by atoms with Crippen molar-refractivity contribution in [1.29, 1.82) is 0 Å². The molecule has 0 saturated carbocycles. The van der Waals surface area contributed by atoms with Crippen molar-refractivity contribution in [3.05, 3.63) is 77.9 Å². The van der Waals surface area contributed by atoms with Crippen LogP contribution in [0.5, 0.6) is 5.75 Å². The molecule has 2 saturated heterocycles. The van der Waals surface area contributed by atoms with Crippen LogP contribution in [-0.2, 0) is 20.7 Å². The first-order valence-electron chi connectivity index (χ1n) is 11.5. The highest BCUT2D eigenvalue weighted by molar-refractivity contribution is 6.08. The van der Waals surface area contributed by atoms with E-state index in [-0.39, 0.29) is 42.5 Å². The van der Waals surface area contributed by atoms with Gasteiger partial charge >= 0.3 is 0 Å². The monoisotopic (exact) mass is 458 g/mol. The summed E-state index contributed by atoms with van der Waals surface area (Å²) in [6, 6.07) is 18.2. The van der Waals surface area contributed by atoms with E-state index >= 15 is 0 Å². The number of ketones is 1. The molecular weight excluding hydrogens is 432 g/mol. The van der Waals surface area contributed by atoms with Gasteiger partial charge in [-0.15, -0.1) is 0 Å². The van der Waals surface area contributed by atoms with Gasteiger partial charge in [0.25, 0.3) is 5.91 Å². The first-order valence-corrected chi connectivity index (χ1v) is 11.5. The third kappa shape index (κ3) is 4.26. The molecule has 3 aromatic carbocycles. The lowest BCUT2D eigenvalue weighted by atomic mass is 9.95. The van der Waals surface area contributed by atoms with Crippen LogP contribution < -0.4 is 5.32 Å². The fourth-order valence-electron chi connectivity index (χ4n) is 4.97. The molecule has 7 heteroatoms. The van der Waals surface area contributed by atoms with E-state index < -0.39 is 12.1 Å². The van der Waals surface area contributed by atoms with Crippen LogP contribution in [0, 0.1) is 0 Å². The van der Waals surface area contributed by atoms with Gasteiger partial charge in [-0.05, 0) is 47.4 Å². The summed E-state index contributed by atoms with van der Waals surface area (Å²) in [5.41, 5.74) is 1.27. The average Bonchev–Trinajstić information content (AvgIpc) is 3.25. The first-order chi connectivity index (χ1) is 16.5. The lowest BCUT2D eigenvalue weighted by Crippen LogP contribution is -2.58. The molecule has 2 aliphatic heterocycles. The second-order valence-electron chi connectivity index (χ2n) is 8.86. The summed E-state index contributed by atoms with van der Waals surface area (Å²) in [7, 11) is 0. The van der Waals surface area contributed by atoms with E-state index in [1.807, 2.05) is 36.4 Å². The minimum atomic E-state index is -0.872. The smallest absolute Gasteiger partial charge is 0.252 e. The number of aromatic hydroxyl groups is 1. The zero-order valence-corrected chi connectivity index (χ0v) is 18.6. The number of carbonyl (C=O) groups is 3. The molecule has 0 radical (unpaired) electrons. The Morgan fingerprint density at radius 2 is 1.82 bits per heavy atom. The summed E-state index contributed by atoms with van der Waals surface area (Å²) in [4.78, 5) is 41.2. The molecule has 2 fully saturated rings. The Labute approximate surface area is 197 Å². The van der Waals surface area contributed by atoms with Crippen molar-refractivity contribution in [2.24, 2.45) is 0 Å². The van der Waals surface area contributed by atoms with E-state index in [9.17, 15) is 19.5 Å². The number of nitrogens with one attached hydrogen (secondary N) is 1. The number of carbonyl (C=O) groups excluding carboxylic acids is 3. The van der Waals surface area contributed by atoms with Crippen LogP contribution in [-0.4, -0.2) is 58.9 Å². The molecule has 0 spiro atoms. The Morgan fingerprint density at radius 1 is 1.06 bits per heavy atom. The Bertz CT molecular complexity index is 1230. The number of ether oxygens (including phenoxy) is 1. The number of amides is 2. The van der Waals surface area contributed by atoms with Crippen LogP contribution in [0.2, 0.25) is 0 Å². The number of rotatable bonds is 5. The van der Waals surface area contributed by atoms with Gasteiger partial charge in [-0.25, -0.2) is 0 Å². The van der Waals surface area contributed by atoms with E-state index in [0.717, 1.165) is 29.2 Å². The van der Waals surface area contributed by atoms with Crippen LogP contribution >= 0.6 is 0 Å². The Morgan fingerprint density at radius 3 is 2.65 bits per heavy atom. The van der Waals surface area contributed by atoms with Crippen molar-refractivity contribution in [2.75, 3.05) is 13.2 Å². The minimum absolute atomic E-state index is 0.0180. The molecule has 3 aromatic rings. The lowest BCUT2D eigenvalue weighted by Gasteiger charge is -2.37. The van der Waals surface area contributed by atoms with E-state index in [0.29, 0.717) is 12.1 Å². The van der Waals surface area contributed by atoms with Crippen LogP contribution in [0.25, 0.3) is 10.8 Å². The summed E-state index contributed by atoms with van der Waals surface area (Å²) in [6.07, 6.45) is 1.43. The number of phenols is 1. The van der Waals surface area contributed by atoms with Crippen LogP contribution in [0.3, 0.4) is 0 Å². The highest BCUT2D eigenvalue weighted by Crippen LogP contribution is 2.27. The number of benzene rings is 3. The first kappa shape index (κ1) is 22.1. The van der Waals surface area contributed by atoms with Gasteiger partial charge < -0.3 is 20.1 Å². The predicted molar refractivity (Wildman–Crippen MR) is 126 cm³/mol. The second kappa shape index (κ2) is 9.27. The van der Waals surface area contributed by atoms with Crippen molar-refractivity contribution in [2.45, 2.75) is 37.5 Å². The fraction of sp³-hybridized carbons (Fsp3) is 0.296. The molecule has 2 aliphatic rings. The minimum Gasteiger partial charge on any atom is -0.508 e. The Kier molecular flexibility index (Phi) is 6.02. The van der Waals surface area contributed by atoms with Gasteiger partial charge in [0.15, 0.2) is 5.78 Å². The number of likely N-dealkylation sites (tertiary alicyclic amines) is 1. The van der Waals surface area contributed by atoms with Crippen LogP contribution in [0.1, 0.15) is 28.8 Å². The normalized spacial score (nSPS) is 20.7. The lowest BCUT2D eigenvalue weighted by molar-refractivity contribution is -0.142. The summed E-state index contributed by atoms with van der Waals surface area (Å²) in [5, 5.41) is 14.3. The summed E-state index contributed by atoms with van der Waals surface area (Å²) in [5.74, 6) is -0.618. The van der Waals surface area contributed by atoms with Crippen molar-refractivity contribution in [3.8, 4) is 5.75 Å². The number of hydrogen-bond acceptors (Lipinski definition) is 5. The summed E-state index contributed by atoms with van der Waals surface area (Å²) >= 11 is 0. The van der Waals surface area contributed by atoms with Gasteiger partial charge in [0.2, 0.25) is 5.91 Å². The maximum absolute atomic E-state index is 13.7. The largest absolute Gasteiger partial charge is 0.508 e. The average molecular weight is 459 g/mol. The molecule has 7 nitrogen and oxygen atoms in total. The molecule has 34 heavy (non-hydrogen) atoms. The van der Waals surface area contributed by atoms with Crippen molar-refractivity contribution >= 4 is 28.4 Å². The topological polar surface area (TPSA) is 95.9 Å². The van der Waals surface area contributed by atoms with Gasteiger partial charge in [0.1, 0.15) is 24.4 Å². The zero-order chi connectivity index (χ0) is 23.7. The molecular formula is C27H26N2O5. The van der Waals surface area contributed by atoms with Crippen molar-refractivity contribution in [1.82, 2.24) is 10.2 Å². The quantitative estimate of drug-likeness (QED) is 0.613. The number of phenolic OH excluding ortho intramolecular Hbond substituents is 1. The Hall–Kier alpha value is -3.71. The van der Waals surface area contributed by atoms with E-state index in [2.05, 4.69) is 5.32 Å². The van der Waals surface area contributed by atoms with Crippen molar-refractivity contribution < 1.29 is 24.2 Å². The number of fused-ring (bicyclic) bond motifs is 2. The fourth-order valence-corrected chi connectivity index (χ4v) is 4.97. The number of piperidine rings is 1. The van der Waals surface area contributed by atoms with E-state index in [4.69, 9.17) is 4.74 Å². The SMILES string of the molecule is O=C(N[C@@H](Cc1ccc(O)cc1)C(=O)N1CCC[C@@H]2OCC(=O)[C@@H]21)c1cccc2ccccc12. The molecule has 0 aromatic heterocycles. The summed E-state index contributed by atoms with van der Waals surface area (Å²) in [6.45, 7) is 0.468. The predicted octanol–water partition coefficient (Wildman–Crippen LogP) is 2.85. The molecule has 0 aliphatic carbocycles. The highest BCUT2D eigenvalue weighted by Gasteiger charge is 2.45. The zero-order valence-electron chi connectivity index (χ0n) is 18.6. The van der Waals surface area contributed by atoms with Gasteiger partial charge in [0.05, 0.1) is 6.10 Å². The van der Waals surface area contributed by atoms with Crippen LogP contribution in [0.4, 0.5) is 0 Å². The van der Waals surface area contributed by atoms with Gasteiger partial charge in [-0.1, -0.05) is 48.5 Å². The maximum Gasteiger partial charge on any atom is 0.252 e. The molecule has 5 rings (SSSR count). The number of nitrogens with zero attached hydrogens (tertiary/aromatic N) is 1. The Balaban J connectivity index is 1.45. The number of hydrogen-bond donors (Lipinski definition) is 2. The van der Waals surface area contributed by atoms with E-state index in [1.165, 1.54) is 0 Å². The molecule has 2 amide bonds. The second-order valence-corrected chi connectivity index (χ2v) is 8.86. The third-order valence-electron chi connectivity index (χ3n) is 6.64. The molecule has 174 valence electrons. The number of Topliss-reactive ketones (excluding diaryl/α,β-unsaturated/α-hetero) is 1.